The average molecular weight is 478 g/mol. The number of piperazine rings is 1. The van der Waals surface area contributed by atoms with Crippen LogP contribution in [0.5, 0.6) is 0 Å². The van der Waals surface area contributed by atoms with Gasteiger partial charge in [-0.2, -0.15) is 0 Å². The Morgan fingerprint density at radius 3 is 2.41 bits per heavy atom. The van der Waals surface area contributed by atoms with Gasteiger partial charge in [-0.25, -0.2) is 8.42 Å². The maximum Gasteiger partial charge on any atom is 0.261 e. The Morgan fingerprint density at radius 2 is 1.72 bits per heavy atom. The van der Waals surface area contributed by atoms with E-state index in [4.69, 9.17) is 16.3 Å². The summed E-state index contributed by atoms with van der Waals surface area (Å²) in [6.45, 7) is 2.24. The zero-order valence-corrected chi connectivity index (χ0v) is 18.9. The number of anilines is 1. The second-order valence-electron chi connectivity index (χ2n) is 7.76. The summed E-state index contributed by atoms with van der Waals surface area (Å²) in [6, 6.07) is 12.3. The first kappa shape index (κ1) is 22.6. The van der Waals surface area contributed by atoms with Crippen molar-refractivity contribution in [2.24, 2.45) is 0 Å². The number of halogens is 1. The highest BCUT2D eigenvalue weighted by atomic mass is 35.5. The van der Waals surface area contributed by atoms with Gasteiger partial charge >= 0.3 is 0 Å². The van der Waals surface area contributed by atoms with Gasteiger partial charge in [-0.05, 0) is 49.2 Å². The minimum atomic E-state index is -3.89. The molecule has 2 aliphatic heterocycles. The van der Waals surface area contributed by atoms with Crippen LogP contribution in [0.4, 0.5) is 5.69 Å². The molecule has 0 saturated carbocycles. The van der Waals surface area contributed by atoms with Crippen molar-refractivity contribution in [3.8, 4) is 0 Å². The molecule has 4 rings (SSSR count). The number of carbonyl (C=O) groups is 2. The van der Waals surface area contributed by atoms with E-state index in [9.17, 15) is 18.0 Å². The third-order valence-electron chi connectivity index (χ3n) is 5.55. The number of sulfonamides is 1. The van der Waals surface area contributed by atoms with Crippen molar-refractivity contribution >= 4 is 39.1 Å². The number of carbonyl (C=O) groups excluding carboxylic acids is 2. The van der Waals surface area contributed by atoms with E-state index in [1.165, 1.54) is 24.3 Å². The van der Waals surface area contributed by atoms with E-state index in [2.05, 4.69) is 4.72 Å². The lowest BCUT2D eigenvalue weighted by molar-refractivity contribution is -0.142. The minimum Gasteiger partial charge on any atom is -0.368 e. The molecule has 2 fully saturated rings. The van der Waals surface area contributed by atoms with Crippen molar-refractivity contribution in [2.45, 2.75) is 23.8 Å². The van der Waals surface area contributed by atoms with Crippen molar-refractivity contribution < 1.29 is 22.7 Å². The third kappa shape index (κ3) is 5.06. The number of ether oxygens (including phenoxy) is 1. The maximum atomic E-state index is 13.0. The second kappa shape index (κ2) is 9.48. The summed E-state index contributed by atoms with van der Waals surface area (Å²) in [5, 5.41) is 0.409. The van der Waals surface area contributed by atoms with E-state index in [1.54, 1.807) is 34.1 Å². The summed E-state index contributed by atoms with van der Waals surface area (Å²) >= 11 is 5.92. The molecule has 2 saturated heterocycles. The SMILES string of the molecule is O=C(c1cccc(S(=O)(=O)Nc2cccc(Cl)c2)c1)N1CCN(C(=O)C2CCCO2)CC1. The second-order valence-corrected chi connectivity index (χ2v) is 9.88. The summed E-state index contributed by atoms with van der Waals surface area (Å²) in [4.78, 5) is 28.8. The van der Waals surface area contributed by atoms with E-state index in [-0.39, 0.29) is 28.4 Å². The van der Waals surface area contributed by atoms with Crippen molar-refractivity contribution in [3.63, 3.8) is 0 Å². The van der Waals surface area contributed by atoms with Gasteiger partial charge in [0.15, 0.2) is 0 Å². The molecule has 0 radical (unpaired) electrons. The van der Waals surface area contributed by atoms with Crippen molar-refractivity contribution in [2.75, 3.05) is 37.5 Å². The molecule has 2 aliphatic rings. The van der Waals surface area contributed by atoms with Crippen molar-refractivity contribution in [1.82, 2.24) is 9.80 Å². The fraction of sp³-hybridized carbons (Fsp3) is 0.364. The molecule has 0 bridgehead atoms. The molecule has 2 heterocycles. The van der Waals surface area contributed by atoms with Gasteiger partial charge in [0.2, 0.25) is 0 Å². The molecular formula is C22H24ClN3O5S. The quantitative estimate of drug-likeness (QED) is 0.714. The molecule has 0 aromatic heterocycles. The zero-order chi connectivity index (χ0) is 22.7. The molecule has 32 heavy (non-hydrogen) atoms. The normalized spacial score (nSPS) is 19.1. The molecule has 2 aromatic rings. The van der Waals surface area contributed by atoms with E-state index >= 15 is 0 Å². The van der Waals surface area contributed by atoms with Gasteiger partial charge < -0.3 is 14.5 Å². The Balaban J connectivity index is 1.42. The molecule has 10 heteroatoms. The van der Waals surface area contributed by atoms with Crippen LogP contribution in [0.25, 0.3) is 0 Å². The summed E-state index contributed by atoms with van der Waals surface area (Å²) < 4.78 is 33.5. The number of benzene rings is 2. The van der Waals surface area contributed by atoms with Crippen LogP contribution < -0.4 is 4.72 Å². The molecule has 8 nitrogen and oxygen atoms in total. The van der Waals surface area contributed by atoms with Crippen molar-refractivity contribution in [3.05, 3.63) is 59.1 Å². The van der Waals surface area contributed by atoms with E-state index in [0.717, 1.165) is 12.8 Å². The molecule has 2 amide bonds. The van der Waals surface area contributed by atoms with Gasteiger partial charge in [0, 0.05) is 43.4 Å². The van der Waals surface area contributed by atoms with E-state index in [1.807, 2.05) is 0 Å². The van der Waals surface area contributed by atoms with E-state index in [0.29, 0.717) is 43.5 Å². The first-order chi connectivity index (χ1) is 15.3. The zero-order valence-electron chi connectivity index (χ0n) is 17.4. The van der Waals surface area contributed by atoms with Gasteiger partial charge in [0.05, 0.1) is 10.6 Å². The van der Waals surface area contributed by atoms with Gasteiger partial charge in [0.1, 0.15) is 6.10 Å². The topological polar surface area (TPSA) is 96.0 Å². The Kier molecular flexibility index (Phi) is 6.68. The molecule has 0 aliphatic carbocycles. The monoisotopic (exact) mass is 477 g/mol. The lowest BCUT2D eigenvalue weighted by Gasteiger charge is -2.35. The summed E-state index contributed by atoms with van der Waals surface area (Å²) in [5.41, 5.74) is 0.610. The molecule has 170 valence electrons. The van der Waals surface area contributed by atoms with E-state index < -0.39 is 10.0 Å². The smallest absolute Gasteiger partial charge is 0.261 e. The van der Waals surface area contributed by atoms with Crippen LogP contribution in [0.1, 0.15) is 23.2 Å². The first-order valence-corrected chi connectivity index (χ1v) is 12.3. The lowest BCUT2D eigenvalue weighted by Crippen LogP contribution is -2.52. The maximum absolute atomic E-state index is 13.0. The van der Waals surface area contributed by atoms with Crippen LogP contribution >= 0.6 is 11.6 Å². The molecular weight excluding hydrogens is 454 g/mol. The number of nitrogens with one attached hydrogen (secondary N) is 1. The largest absolute Gasteiger partial charge is 0.368 e. The van der Waals surface area contributed by atoms with Gasteiger partial charge in [-0.1, -0.05) is 23.7 Å². The summed E-state index contributed by atoms with van der Waals surface area (Å²) in [6.07, 6.45) is 1.26. The summed E-state index contributed by atoms with van der Waals surface area (Å²) in [5.74, 6) is -0.288. The minimum absolute atomic E-state index is 0.0180. The fourth-order valence-corrected chi connectivity index (χ4v) is 5.14. The van der Waals surface area contributed by atoms with Crippen LogP contribution in [0, 0.1) is 0 Å². The predicted molar refractivity (Wildman–Crippen MR) is 120 cm³/mol. The molecule has 1 N–H and O–H groups in total. The number of rotatable bonds is 5. The molecule has 0 spiro atoms. The lowest BCUT2D eigenvalue weighted by atomic mass is 10.1. The standard InChI is InChI=1S/C22H24ClN3O5S/c23-17-5-2-6-18(15-17)24-32(29,30)19-7-1-4-16(14-19)21(27)25-9-11-26(12-10-25)22(28)20-8-3-13-31-20/h1-2,4-7,14-15,20,24H,3,8-13H2. The van der Waals surface area contributed by atoms with Crippen LogP contribution in [0.15, 0.2) is 53.4 Å². The summed E-state index contributed by atoms with van der Waals surface area (Å²) in [7, 11) is -3.89. The number of amides is 2. The molecule has 2 aromatic carbocycles. The highest BCUT2D eigenvalue weighted by Crippen LogP contribution is 2.21. The fourth-order valence-electron chi connectivity index (χ4n) is 3.85. The van der Waals surface area contributed by atoms with Crippen LogP contribution in [0.2, 0.25) is 5.02 Å². The Hall–Kier alpha value is -2.62. The number of hydrogen-bond acceptors (Lipinski definition) is 5. The van der Waals surface area contributed by atoms with Gasteiger partial charge in [-0.15, -0.1) is 0 Å². The molecule has 1 unspecified atom stereocenters. The highest BCUT2D eigenvalue weighted by Gasteiger charge is 2.31. The van der Waals surface area contributed by atoms with Crippen LogP contribution in [-0.2, 0) is 19.6 Å². The van der Waals surface area contributed by atoms with Gasteiger partial charge in [0.25, 0.3) is 21.8 Å². The first-order valence-electron chi connectivity index (χ1n) is 10.4. The Labute approximate surface area is 192 Å². The van der Waals surface area contributed by atoms with Crippen LogP contribution in [-0.4, -0.2) is 68.9 Å². The predicted octanol–water partition coefficient (Wildman–Crippen LogP) is 2.60. The Bertz CT molecular complexity index is 1110. The van der Waals surface area contributed by atoms with Gasteiger partial charge in [-0.3, -0.25) is 14.3 Å². The Morgan fingerprint density at radius 1 is 1.00 bits per heavy atom. The third-order valence-corrected chi connectivity index (χ3v) is 7.17. The number of hydrogen-bond donors (Lipinski definition) is 1. The average Bonchev–Trinajstić information content (AvgIpc) is 3.33. The number of nitrogens with zero attached hydrogens (tertiary/aromatic N) is 2. The molecule has 1 atom stereocenters. The highest BCUT2D eigenvalue weighted by molar-refractivity contribution is 7.92. The van der Waals surface area contributed by atoms with Crippen molar-refractivity contribution in [1.29, 1.82) is 0 Å². The van der Waals surface area contributed by atoms with Crippen LogP contribution in [0.3, 0.4) is 0 Å².